The van der Waals surface area contributed by atoms with E-state index in [1.807, 2.05) is 13.8 Å². The zero-order valence-corrected chi connectivity index (χ0v) is 9.21. The minimum Gasteiger partial charge on any atom is -0.493 e. The average Bonchev–Trinajstić information content (AvgIpc) is 2.27. The highest BCUT2D eigenvalue weighted by molar-refractivity contribution is 5.32. The highest BCUT2D eigenvalue weighted by Gasteiger charge is 2.30. The van der Waals surface area contributed by atoms with Crippen molar-refractivity contribution in [3.05, 3.63) is 29.8 Å². The molecular formula is C12H13F2NO. The molecule has 4 heteroatoms. The van der Waals surface area contributed by atoms with Crippen LogP contribution in [0.2, 0.25) is 0 Å². The smallest absolute Gasteiger partial charge is 0.357 e. The summed E-state index contributed by atoms with van der Waals surface area (Å²) >= 11 is 0. The number of nitrogens with zero attached hydrogens (tertiary/aromatic N) is 1. The molecule has 0 heterocycles. The molecule has 0 saturated heterocycles. The first-order valence-electron chi connectivity index (χ1n) is 4.98. The highest BCUT2D eigenvalue weighted by Crippen LogP contribution is 2.28. The van der Waals surface area contributed by atoms with Crippen molar-refractivity contribution in [2.24, 2.45) is 5.92 Å². The normalized spacial score (nSPS) is 11.2. The van der Waals surface area contributed by atoms with E-state index in [9.17, 15) is 8.78 Å². The summed E-state index contributed by atoms with van der Waals surface area (Å²) in [4.78, 5) is 0. The lowest BCUT2D eigenvalue weighted by molar-refractivity contribution is 0.0612. The van der Waals surface area contributed by atoms with E-state index < -0.39 is 5.92 Å². The van der Waals surface area contributed by atoms with Crippen LogP contribution < -0.4 is 4.74 Å². The Bertz CT molecular complexity index is 379. The third kappa shape index (κ3) is 3.20. The summed E-state index contributed by atoms with van der Waals surface area (Å²) in [5.41, 5.74) is -0.313. The Kier molecular flexibility index (Phi) is 3.83. The quantitative estimate of drug-likeness (QED) is 0.787. The number of alkyl halides is 2. The van der Waals surface area contributed by atoms with E-state index in [4.69, 9.17) is 10.00 Å². The second-order valence-electron chi connectivity index (χ2n) is 3.92. The van der Waals surface area contributed by atoms with Crippen LogP contribution in [0.1, 0.15) is 19.4 Å². The number of halogens is 2. The van der Waals surface area contributed by atoms with Crippen molar-refractivity contribution < 1.29 is 13.5 Å². The Hall–Kier alpha value is -1.63. The van der Waals surface area contributed by atoms with E-state index in [-0.39, 0.29) is 5.56 Å². The lowest BCUT2D eigenvalue weighted by Gasteiger charge is -2.11. The Morgan fingerprint density at radius 3 is 2.31 bits per heavy atom. The van der Waals surface area contributed by atoms with Crippen molar-refractivity contribution in [1.82, 2.24) is 0 Å². The molecule has 0 spiro atoms. The monoisotopic (exact) mass is 225 g/mol. The number of hydrogen-bond donors (Lipinski definition) is 0. The minimum absolute atomic E-state index is 0.313. The Morgan fingerprint density at radius 2 is 1.88 bits per heavy atom. The molecule has 0 amide bonds. The fourth-order valence-electron chi connectivity index (χ4n) is 1.09. The van der Waals surface area contributed by atoms with Crippen LogP contribution in [-0.2, 0) is 5.92 Å². The molecule has 0 aliphatic heterocycles. The van der Waals surface area contributed by atoms with Gasteiger partial charge in [0.25, 0.3) is 0 Å². The molecule has 0 aliphatic carbocycles. The van der Waals surface area contributed by atoms with Gasteiger partial charge in [0.15, 0.2) is 0 Å². The fourth-order valence-corrected chi connectivity index (χ4v) is 1.09. The van der Waals surface area contributed by atoms with Gasteiger partial charge >= 0.3 is 5.92 Å². The largest absolute Gasteiger partial charge is 0.493 e. The van der Waals surface area contributed by atoms with Crippen LogP contribution in [-0.4, -0.2) is 6.61 Å². The molecule has 0 fully saturated rings. The van der Waals surface area contributed by atoms with Crippen molar-refractivity contribution in [1.29, 1.82) is 5.26 Å². The maximum absolute atomic E-state index is 12.9. The molecule has 86 valence electrons. The van der Waals surface area contributed by atoms with Crippen LogP contribution in [0.25, 0.3) is 0 Å². The van der Waals surface area contributed by atoms with E-state index in [1.165, 1.54) is 24.3 Å². The Labute approximate surface area is 93.5 Å². The van der Waals surface area contributed by atoms with Crippen LogP contribution in [0.4, 0.5) is 8.78 Å². The molecule has 0 atom stereocenters. The van der Waals surface area contributed by atoms with Crippen LogP contribution in [0, 0.1) is 17.2 Å². The van der Waals surface area contributed by atoms with Crippen molar-refractivity contribution in [3.63, 3.8) is 0 Å². The minimum atomic E-state index is -3.43. The van der Waals surface area contributed by atoms with Crippen molar-refractivity contribution in [2.75, 3.05) is 6.61 Å². The van der Waals surface area contributed by atoms with Crippen LogP contribution in [0.3, 0.4) is 0 Å². The topological polar surface area (TPSA) is 33.0 Å². The van der Waals surface area contributed by atoms with Gasteiger partial charge in [0, 0.05) is 5.56 Å². The molecule has 0 saturated carbocycles. The van der Waals surface area contributed by atoms with E-state index in [2.05, 4.69) is 0 Å². The van der Waals surface area contributed by atoms with Gasteiger partial charge in [-0.2, -0.15) is 14.0 Å². The van der Waals surface area contributed by atoms with E-state index in [0.29, 0.717) is 18.3 Å². The SMILES string of the molecule is CC(C)COc1ccc(C(F)(F)C#N)cc1. The summed E-state index contributed by atoms with van der Waals surface area (Å²) < 4.78 is 31.2. The van der Waals surface area contributed by atoms with Gasteiger partial charge in [-0.1, -0.05) is 13.8 Å². The molecule has 0 N–H and O–H groups in total. The first kappa shape index (κ1) is 12.4. The molecule has 0 aliphatic rings. The van der Waals surface area contributed by atoms with Gasteiger partial charge in [-0.25, -0.2) is 0 Å². The summed E-state index contributed by atoms with van der Waals surface area (Å²) in [6.07, 6.45) is 0. The molecule has 1 aromatic rings. The molecule has 0 radical (unpaired) electrons. The number of benzene rings is 1. The third-order valence-electron chi connectivity index (χ3n) is 1.94. The predicted octanol–water partition coefficient (Wildman–Crippen LogP) is 3.34. The van der Waals surface area contributed by atoms with Crippen LogP contribution >= 0.6 is 0 Å². The van der Waals surface area contributed by atoms with Crippen molar-refractivity contribution in [3.8, 4) is 11.8 Å². The first-order chi connectivity index (χ1) is 7.45. The Balaban J connectivity index is 2.73. The molecular weight excluding hydrogens is 212 g/mol. The summed E-state index contributed by atoms with van der Waals surface area (Å²) in [6.45, 7) is 4.53. The zero-order valence-electron chi connectivity index (χ0n) is 9.21. The maximum atomic E-state index is 12.9. The molecule has 1 rings (SSSR count). The number of nitriles is 1. The molecule has 0 bridgehead atoms. The van der Waals surface area contributed by atoms with Crippen LogP contribution in [0.5, 0.6) is 5.75 Å². The lowest BCUT2D eigenvalue weighted by Crippen LogP contribution is -2.10. The molecule has 1 aromatic carbocycles. The van der Waals surface area contributed by atoms with Crippen molar-refractivity contribution >= 4 is 0 Å². The molecule has 16 heavy (non-hydrogen) atoms. The van der Waals surface area contributed by atoms with Gasteiger partial charge in [-0.15, -0.1) is 0 Å². The average molecular weight is 225 g/mol. The highest BCUT2D eigenvalue weighted by atomic mass is 19.3. The van der Waals surface area contributed by atoms with E-state index in [0.717, 1.165) is 6.07 Å². The van der Waals surface area contributed by atoms with Gasteiger partial charge in [-0.05, 0) is 30.2 Å². The standard InChI is InChI=1S/C12H13F2NO/c1-9(2)7-16-11-5-3-10(4-6-11)12(13,14)8-15/h3-6,9H,7H2,1-2H3. The summed E-state index contributed by atoms with van der Waals surface area (Å²) in [5, 5.41) is 8.26. The van der Waals surface area contributed by atoms with Crippen molar-refractivity contribution in [2.45, 2.75) is 19.8 Å². The van der Waals surface area contributed by atoms with Gasteiger partial charge in [0.1, 0.15) is 11.8 Å². The summed E-state index contributed by atoms with van der Waals surface area (Å²) in [7, 11) is 0. The Morgan fingerprint density at radius 1 is 1.31 bits per heavy atom. The third-order valence-corrected chi connectivity index (χ3v) is 1.94. The fraction of sp³-hybridized carbons (Fsp3) is 0.417. The van der Waals surface area contributed by atoms with E-state index in [1.54, 1.807) is 0 Å². The van der Waals surface area contributed by atoms with Gasteiger partial charge in [0.2, 0.25) is 0 Å². The van der Waals surface area contributed by atoms with Gasteiger partial charge in [0.05, 0.1) is 6.61 Å². The molecule has 2 nitrogen and oxygen atoms in total. The summed E-state index contributed by atoms with van der Waals surface area (Å²) in [6, 6.07) is 6.26. The zero-order chi connectivity index (χ0) is 12.2. The van der Waals surface area contributed by atoms with Crippen LogP contribution in [0.15, 0.2) is 24.3 Å². The number of rotatable bonds is 4. The lowest BCUT2D eigenvalue weighted by atomic mass is 10.1. The number of hydrogen-bond acceptors (Lipinski definition) is 2. The summed E-state index contributed by atoms with van der Waals surface area (Å²) in [5.74, 6) is -2.53. The van der Waals surface area contributed by atoms with Gasteiger partial charge < -0.3 is 4.74 Å². The predicted molar refractivity (Wildman–Crippen MR) is 56.3 cm³/mol. The number of ether oxygens (including phenoxy) is 1. The maximum Gasteiger partial charge on any atom is 0.357 e. The van der Waals surface area contributed by atoms with Gasteiger partial charge in [-0.3, -0.25) is 0 Å². The molecule has 0 aromatic heterocycles. The molecule has 0 unspecified atom stereocenters. The first-order valence-corrected chi connectivity index (χ1v) is 4.98. The second kappa shape index (κ2) is 4.93. The second-order valence-corrected chi connectivity index (χ2v) is 3.92. The van der Waals surface area contributed by atoms with E-state index >= 15 is 0 Å².